The molecule has 0 saturated heterocycles. The summed E-state index contributed by atoms with van der Waals surface area (Å²) in [5.41, 5.74) is -0.0615. The van der Waals surface area contributed by atoms with Crippen LogP contribution in [0.15, 0.2) is 41.8 Å². The molecule has 6 heteroatoms. The molecule has 4 atom stereocenters. The molecule has 1 aromatic carbocycles. The maximum absolute atomic E-state index is 12.8. The van der Waals surface area contributed by atoms with Crippen LogP contribution in [-0.2, 0) is 11.3 Å². The number of thiophene rings is 1. The molecule has 5 nitrogen and oxygen atoms in total. The van der Waals surface area contributed by atoms with Gasteiger partial charge in [-0.15, -0.1) is 11.3 Å². The van der Waals surface area contributed by atoms with Gasteiger partial charge in [-0.2, -0.15) is 0 Å². The molecule has 2 heterocycles. The van der Waals surface area contributed by atoms with Gasteiger partial charge in [-0.3, -0.25) is 9.59 Å². The maximum atomic E-state index is 12.8. The van der Waals surface area contributed by atoms with Gasteiger partial charge < -0.3 is 15.4 Å². The summed E-state index contributed by atoms with van der Waals surface area (Å²) in [4.78, 5) is 26.6. The number of carbonyl (C=O) groups excluding carboxylic acids is 2. The molecule has 2 bridgehead atoms. The summed E-state index contributed by atoms with van der Waals surface area (Å²) >= 11 is 1.66. The van der Waals surface area contributed by atoms with Gasteiger partial charge in [-0.1, -0.05) is 18.2 Å². The summed E-state index contributed by atoms with van der Waals surface area (Å²) in [6, 6.07) is 11.4. The maximum Gasteiger partial charge on any atom is 0.258 e. The van der Waals surface area contributed by atoms with Crippen LogP contribution in [0.2, 0.25) is 0 Å². The van der Waals surface area contributed by atoms with Crippen molar-refractivity contribution in [2.24, 2.45) is 17.8 Å². The summed E-state index contributed by atoms with van der Waals surface area (Å²) < 4.78 is 6.35. The van der Waals surface area contributed by atoms with Crippen molar-refractivity contribution in [1.82, 2.24) is 10.6 Å². The number of rotatable bonds is 3. The summed E-state index contributed by atoms with van der Waals surface area (Å²) in [5, 5.41) is 8.26. The highest BCUT2D eigenvalue weighted by Gasteiger charge is 2.57. The van der Waals surface area contributed by atoms with E-state index in [1.807, 2.05) is 35.7 Å². The van der Waals surface area contributed by atoms with Gasteiger partial charge in [0.25, 0.3) is 5.91 Å². The standard InChI is InChI=1S/C21H22N2O3S/c24-19(22-12-15-4-3-9-27-15)17-10-14-8-7-13(17)11-21(14)23-20(25)16-5-1-2-6-18(16)26-21/h1-6,9,13-14,17H,7-8,10-12H2,(H,22,24)(H,23,25)/t13-,14+,17-,21-/m1/s1. The minimum absolute atomic E-state index is 0.00649. The lowest BCUT2D eigenvalue weighted by atomic mass is 9.60. The van der Waals surface area contributed by atoms with Crippen LogP contribution >= 0.6 is 11.3 Å². The average Bonchev–Trinajstić information content (AvgIpc) is 3.20. The SMILES string of the molecule is O=C1N[C@]2(C[C@H]3CC[C@H]2C[C@H]3C(=O)NCc2cccs2)Oc2ccccc21. The zero-order valence-electron chi connectivity index (χ0n) is 14.9. The first-order chi connectivity index (χ1) is 13.1. The first-order valence-electron chi connectivity index (χ1n) is 9.55. The Morgan fingerprint density at radius 2 is 2.15 bits per heavy atom. The normalized spacial score (nSPS) is 31.1. The average molecular weight is 382 g/mol. The van der Waals surface area contributed by atoms with Crippen molar-refractivity contribution in [3.8, 4) is 5.75 Å². The van der Waals surface area contributed by atoms with Crippen LogP contribution in [0.5, 0.6) is 5.75 Å². The van der Waals surface area contributed by atoms with Gasteiger partial charge in [-0.25, -0.2) is 0 Å². The van der Waals surface area contributed by atoms with Crippen LogP contribution in [0, 0.1) is 17.8 Å². The predicted molar refractivity (Wildman–Crippen MR) is 102 cm³/mol. The van der Waals surface area contributed by atoms with Crippen molar-refractivity contribution in [2.75, 3.05) is 0 Å². The van der Waals surface area contributed by atoms with E-state index < -0.39 is 5.72 Å². The van der Waals surface area contributed by atoms with Gasteiger partial charge >= 0.3 is 0 Å². The Bertz CT molecular complexity index is 881. The van der Waals surface area contributed by atoms with E-state index in [1.54, 1.807) is 17.4 Å². The minimum Gasteiger partial charge on any atom is -0.467 e. The molecule has 2 N–H and O–H groups in total. The third-order valence-corrected chi connectivity index (χ3v) is 7.20. The lowest BCUT2D eigenvalue weighted by Gasteiger charge is -2.55. The van der Waals surface area contributed by atoms with Crippen LogP contribution in [0.3, 0.4) is 0 Å². The number of nitrogens with one attached hydrogen (secondary N) is 2. The van der Waals surface area contributed by atoms with Crippen LogP contribution in [0.1, 0.15) is 40.9 Å². The molecule has 3 saturated carbocycles. The number of amides is 2. The van der Waals surface area contributed by atoms with Gasteiger partial charge in [-0.05, 0) is 48.8 Å². The summed E-state index contributed by atoms with van der Waals surface area (Å²) in [7, 11) is 0. The second kappa shape index (κ2) is 6.37. The number of fused-ring (bicyclic) bond motifs is 3. The first-order valence-corrected chi connectivity index (χ1v) is 10.4. The monoisotopic (exact) mass is 382 g/mol. The molecule has 27 heavy (non-hydrogen) atoms. The summed E-state index contributed by atoms with van der Waals surface area (Å²) in [6.07, 6.45) is 3.48. The molecule has 6 rings (SSSR count). The Balaban J connectivity index is 1.32. The van der Waals surface area contributed by atoms with Crippen molar-refractivity contribution in [2.45, 2.75) is 38.0 Å². The molecule has 0 radical (unpaired) electrons. The van der Waals surface area contributed by atoms with E-state index in [-0.39, 0.29) is 29.6 Å². The topological polar surface area (TPSA) is 67.4 Å². The number of ether oxygens (including phenoxy) is 1. The fourth-order valence-corrected chi connectivity index (χ4v) is 5.64. The predicted octanol–water partition coefficient (Wildman–Crippen LogP) is 3.32. The Morgan fingerprint density at radius 1 is 1.26 bits per heavy atom. The van der Waals surface area contributed by atoms with Crippen LogP contribution < -0.4 is 15.4 Å². The number of carbonyl (C=O) groups is 2. The molecule has 2 aromatic rings. The Morgan fingerprint density at radius 3 is 2.93 bits per heavy atom. The van der Waals surface area contributed by atoms with Gasteiger partial charge in [0.15, 0.2) is 5.72 Å². The minimum atomic E-state index is -0.654. The smallest absolute Gasteiger partial charge is 0.258 e. The van der Waals surface area contributed by atoms with E-state index >= 15 is 0 Å². The van der Waals surface area contributed by atoms with E-state index in [2.05, 4.69) is 10.6 Å². The highest BCUT2D eigenvalue weighted by molar-refractivity contribution is 7.09. The quantitative estimate of drug-likeness (QED) is 0.856. The summed E-state index contributed by atoms with van der Waals surface area (Å²) in [6.45, 7) is 0.593. The van der Waals surface area contributed by atoms with Gasteiger partial charge in [0.1, 0.15) is 5.75 Å². The van der Waals surface area contributed by atoms with E-state index in [1.165, 1.54) is 4.88 Å². The largest absolute Gasteiger partial charge is 0.467 e. The lowest BCUT2D eigenvalue weighted by Crippen LogP contribution is -2.66. The highest BCUT2D eigenvalue weighted by atomic mass is 32.1. The molecule has 1 aromatic heterocycles. The first kappa shape index (κ1) is 16.8. The lowest BCUT2D eigenvalue weighted by molar-refractivity contribution is -0.146. The van der Waals surface area contributed by atoms with Crippen molar-refractivity contribution in [3.63, 3.8) is 0 Å². The third-order valence-electron chi connectivity index (χ3n) is 6.32. The fraction of sp³-hybridized carbons (Fsp3) is 0.429. The van der Waals surface area contributed by atoms with Crippen LogP contribution in [0.25, 0.3) is 0 Å². The molecule has 0 unspecified atom stereocenters. The van der Waals surface area contributed by atoms with Crippen molar-refractivity contribution in [3.05, 3.63) is 52.2 Å². The number of benzene rings is 1. The Hall–Kier alpha value is -2.34. The highest BCUT2D eigenvalue weighted by Crippen LogP contribution is 2.52. The van der Waals surface area contributed by atoms with E-state index in [0.29, 0.717) is 24.3 Å². The van der Waals surface area contributed by atoms with Crippen LogP contribution in [-0.4, -0.2) is 17.5 Å². The van der Waals surface area contributed by atoms with Crippen molar-refractivity contribution < 1.29 is 14.3 Å². The van der Waals surface area contributed by atoms with Gasteiger partial charge in [0, 0.05) is 23.1 Å². The molecule has 1 aliphatic heterocycles. The zero-order valence-corrected chi connectivity index (χ0v) is 15.8. The Kier molecular flexibility index (Phi) is 3.97. The molecule has 1 spiro atoms. The number of hydrogen-bond acceptors (Lipinski definition) is 4. The van der Waals surface area contributed by atoms with Gasteiger partial charge in [0.2, 0.25) is 5.91 Å². The van der Waals surface area contributed by atoms with E-state index in [4.69, 9.17) is 4.74 Å². The molecule has 3 fully saturated rings. The molecule has 3 aliphatic carbocycles. The van der Waals surface area contributed by atoms with Crippen molar-refractivity contribution in [1.29, 1.82) is 0 Å². The van der Waals surface area contributed by atoms with E-state index in [9.17, 15) is 9.59 Å². The van der Waals surface area contributed by atoms with Crippen LogP contribution in [0.4, 0.5) is 0 Å². The molecule has 2 amide bonds. The second-order valence-electron chi connectivity index (χ2n) is 7.82. The second-order valence-corrected chi connectivity index (χ2v) is 8.85. The fourth-order valence-electron chi connectivity index (χ4n) is 5.00. The molecule has 140 valence electrons. The van der Waals surface area contributed by atoms with E-state index in [0.717, 1.165) is 19.3 Å². The molecular formula is C21H22N2O3S. The third kappa shape index (κ3) is 2.83. The van der Waals surface area contributed by atoms with Crippen molar-refractivity contribution >= 4 is 23.2 Å². The molecule has 4 aliphatic rings. The van der Waals surface area contributed by atoms with Gasteiger partial charge in [0.05, 0.1) is 12.1 Å². The number of hydrogen-bond donors (Lipinski definition) is 2. The zero-order chi connectivity index (χ0) is 18.4. The molecular weight excluding hydrogens is 360 g/mol. The summed E-state index contributed by atoms with van der Waals surface area (Å²) in [5.74, 6) is 1.14. The number of para-hydroxylation sites is 1. The Labute approximate surface area is 162 Å².